The lowest BCUT2D eigenvalue weighted by Crippen LogP contribution is -1.95. The van der Waals surface area contributed by atoms with Gasteiger partial charge in [-0.1, -0.05) is 11.8 Å². The van der Waals surface area contributed by atoms with E-state index in [0.29, 0.717) is 5.75 Å². The summed E-state index contributed by atoms with van der Waals surface area (Å²) in [6.45, 7) is 2.92. The van der Waals surface area contributed by atoms with Gasteiger partial charge in [0.1, 0.15) is 5.78 Å². The summed E-state index contributed by atoms with van der Waals surface area (Å²) in [5.41, 5.74) is 0. The van der Waals surface area contributed by atoms with Crippen LogP contribution in [0.5, 0.6) is 0 Å². The van der Waals surface area contributed by atoms with E-state index in [9.17, 15) is 9.59 Å². The maximum atomic E-state index is 10.2. The number of rotatable bonds is 2. The van der Waals surface area contributed by atoms with Crippen molar-refractivity contribution in [2.75, 3.05) is 5.75 Å². The Labute approximate surface area is 52.6 Å². The Morgan fingerprint density at radius 3 is 2.00 bits per heavy atom. The molecule has 3 heteroatoms. The Bertz CT molecular complexity index is 95.0. The second-order valence-electron chi connectivity index (χ2n) is 1.48. The number of hydrogen-bond donors (Lipinski definition) is 0. The van der Waals surface area contributed by atoms with E-state index in [4.69, 9.17) is 0 Å². The molecule has 0 saturated carbocycles. The Morgan fingerprint density at radius 2 is 1.88 bits per heavy atom. The van der Waals surface area contributed by atoms with Crippen LogP contribution in [0.2, 0.25) is 0 Å². The standard InChI is InChI=1S/C5H8O2S/c1-4(6)3-8-5(2)7/h3H2,1-2H3. The zero-order valence-electron chi connectivity index (χ0n) is 4.93. The van der Waals surface area contributed by atoms with Crippen molar-refractivity contribution in [3.8, 4) is 0 Å². The van der Waals surface area contributed by atoms with Crippen LogP contribution < -0.4 is 0 Å². The van der Waals surface area contributed by atoms with E-state index in [-0.39, 0.29) is 10.9 Å². The topological polar surface area (TPSA) is 34.1 Å². The Kier molecular flexibility index (Phi) is 3.52. The van der Waals surface area contributed by atoms with Crippen molar-refractivity contribution in [1.29, 1.82) is 0 Å². The average Bonchev–Trinajstić information content (AvgIpc) is 1.61. The molecule has 0 fully saturated rings. The predicted octanol–water partition coefficient (Wildman–Crippen LogP) is 0.855. The first-order valence-corrected chi connectivity index (χ1v) is 3.24. The molecule has 0 aromatic heterocycles. The predicted molar refractivity (Wildman–Crippen MR) is 33.8 cm³/mol. The normalized spacial score (nSPS) is 8.75. The van der Waals surface area contributed by atoms with Crippen LogP contribution in [0.3, 0.4) is 0 Å². The first kappa shape index (κ1) is 7.69. The van der Waals surface area contributed by atoms with Gasteiger partial charge in [-0.05, 0) is 6.92 Å². The Balaban J connectivity index is 3.18. The third-order valence-corrected chi connectivity index (χ3v) is 1.44. The number of ketones is 1. The molecule has 0 aromatic rings. The van der Waals surface area contributed by atoms with Gasteiger partial charge >= 0.3 is 0 Å². The van der Waals surface area contributed by atoms with Gasteiger partial charge in [0.25, 0.3) is 0 Å². The van der Waals surface area contributed by atoms with Gasteiger partial charge in [0.15, 0.2) is 5.12 Å². The zero-order chi connectivity index (χ0) is 6.57. The van der Waals surface area contributed by atoms with Crippen LogP contribution in [-0.2, 0) is 9.59 Å². The quantitative estimate of drug-likeness (QED) is 0.558. The Hall–Kier alpha value is -0.310. The molecule has 0 amide bonds. The second-order valence-corrected chi connectivity index (χ2v) is 2.63. The van der Waals surface area contributed by atoms with Crippen molar-refractivity contribution in [3.63, 3.8) is 0 Å². The van der Waals surface area contributed by atoms with Crippen LogP contribution in [0.25, 0.3) is 0 Å². The smallest absolute Gasteiger partial charge is 0.186 e. The SMILES string of the molecule is CC(=O)CSC(C)=O. The highest BCUT2D eigenvalue weighted by Crippen LogP contribution is 1.99. The van der Waals surface area contributed by atoms with E-state index in [2.05, 4.69) is 0 Å². The van der Waals surface area contributed by atoms with Crippen LogP contribution in [0.4, 0.5) is 0 Å². The largest absolute Gasteiger partial charge is 0.299 e. The molecule has 0 saturated heterocycles. The summed E-state index contributed by atoms with van der Waals surface area (Å²) >= 11 is 1.05. The van der Waals surface area contributed by atoms with Crippen molar-refractivity contribution < 1.29 is 9.59 Å². The fraction of sp³-hybridized carbons (Fsp3) is 0.600. The van der Waals surface area contributed by atoms with Gasteiger partial charge in [-0.2, -0.15) is 0 Å². The van der Waals surface area contributed by atoms with Crippen LogP contribution in [0.15, 0.2) is 0 Å². The van der Waals surface area contributed by atoms with E-state index in [1.54, 1.807) is 0 Å². The minimum atomic E-state index is 0.000185. The number of carbonyl (C=O) groups is 2. The summed E-state index contributed by atoms with van der Waals surface area (Å²) < 4.78 is 0. The molecule has 46 valence electrons. The highest BCUT2D eigenvalue weighted by molar-refractivity contribution is 8.14. The van der Waals surface area contributed by atoms with Gasteiger partial charge < -0.3 is 0 Å². The number of hydrogen-bond acceptors (Lipinski definition) is 3. The molecular weight excluding hydrogens is 124 g/mol. The van der Waals surface area contributed by atoms with E-state index in [1.165, 1.54) is 13.8 Å². The molecular formula is C5H8O2S. The first-order valence-electron chi connectivity index (χ1n) is 2.25. The summed E-state index contributed by atoms with van der Waals surface area (Å²) in [5, 5.41) is 0.000185. The van der Waals surface area contributed by atoms with Crippen LogP contribution in [0.1, 0.15) is 13.8 Å². The molecule has 2 nitrogen and oxygen atoms in total. The molecule has 0 radical (unpaired) electrons. The molecule has 0 bridgehead atoms. The average molecular weight is 132 g/mol. The first-order chi connectivity index (χ1) is 3.63. The molecule has 0 aliphatic rings. The van der Waals surface area contributed by atoms with E-state index < -0.39 is 0 Å². The molecule has 0 aliphatic heterocycles. The molecule has 0 heterocycles. The highest BCUT2D eigenvalue weighted by atomic mass is 32.2. The molecule has 0 spiro atoms. The van der Waals surface area contributed by atoms with Crippen LogP contribution in [0, 0.1) is 0 Å². The summed E-state index contributed by atoms with van der Waals surface area (Å²) in [6.07, 6.45) is 0. The van der Waals surface area contributed by atoms with Crippen molar-refractivity contribution in [2.45, 2.75) is 13.8 Å². The fourth-order valence-corrected chi connectivity index (χ4v) is 0.610. The molecule has 0 atom stereocenters. The third-order valence-electron chi connectivity index (χ3n) is 0.479. The fourth-order valence-electron chi connectivity index (χ4n) is 0.203. The highest BCUT2D eigenvalue weighted by Gasteiger charge is 1.95. The number of carbonyl (C=O) groups excluding carboxylic acids is 2. The van der Waals surface area contributed by atoms with Crippen molar-refractivity contribution in [1.82, 2.24) is 0 Å². The summed E-state index contributed by atoms with van der Waals surface area (Å²) in [4.78, 5) is 20.3. The van der Waals surface area contributed by atoms with Gasteiger partial charge in [-0.3, -0.25) is 9.59 Å². The summed E-state index contributed by atoms with van der Waals surface area (Å²) in [7, 11) is 0. The molecule has 8 heavy (non-hydrogen) atoms. The molecule has 0 unspecified atom stereocenters. The lowest BCUT2D eigenvalue weighted by molar-refractivity contribution is -0.115. The number of Topliss-reactive ketones (excluding diaryl/α,β-unsaturated/α-hetero) is 1. The summed E-state index contributed by atoms with van der Waals surface area (Å²) in [6, 6.07) is 0. The van der Waals surface area contributed by atoms with Crippen LogP contribution >= 0.6 is 11.8 Å². The molecule has 0 aromatic carbocycles. The maximum absolute atomic E-state index is 10.2. The third kappa shape index (κ3) is 5.69. The lowest BCUT2D eigenvalue weighted by Gasteiger charge is -1.86. The van der Waals surface area contributed by atoms with E-state index >= 15 is 0 Å². The van der Waals surface area contributed by atoms with Crippen molar-refractivity contribution >= 4 is 22.7 Å². The monoisotopic (exact) mass is 132 g/mol. The minimum Gasteiger partial charge on any atom is -0.299 e. The second kappa shape index (κ2) is 3.66. The summed E-state index contributed by atoms with van der Waals surface area (Å²) in [5.74, 6) is 0.361. The van der Waals surface area contributed by atoms with Gasteiger partial charge in [0.05, 0.1) is 5.75 Å². The van der Waals surface area contributed by atoms with Gasteiger partial charge in [-0.25, -0.2) is 0 Å². The lowest BCUT2D eigenvalue weighted by atomic mass is 10.5. The molecule has 0 N–H and O–H groups in total. The van der Waals surface area contributed by atoms with Gasteiger partial charge in [-0.15, -0.1) is 0 Å². The minimum absolute atomic E-state index is 0.000185. The van der Waals surface area contributed by atoms with Crippen LogP contribution in [-0.4, -0.2) is 16.7 Å². The maximum Gasteiger partial charge on any atom is 0.186 e. The van der Waals surface area contributed by atoms with Gasteiger partial charge in [0.2, 0.25) is 0 Å². The molecule has 0 rings (SSSR count). The van der Waals surface area contributed by atoms with Crippen molar-refractivity contribution in [3.05, 3.63) is 0 Å². The molecule has 0 aliphatic carbocycles. The number of thioether (sulfide) groups is 1. The van der Waals surface area contributed by atoms with E-state index in [0.717, 1.165) is 11.8 Å². The zero-order valence-corrected chi connectivity index (χ0v) is 5.75. The van der Waals surface area contributed by atoms with Crippen molar-refractivity contribution in [2.24, 2.45) is 0 Å². The van der Waals surface area contributed by atoms with E-state index in [1.807, 2.05) is 0 Å². The van der Waals surface area contributed by atoms with Gasteiger partial charge in [0, 0.05) is 6.92 Å². The Morgan fingerprint density at radius 1 is 1.38 bits per heavy atom.